The summed E-state index contributed by atoms with van der Waals surface area (Å²) in [5.41, 5.74) is 0.628. The first-order valence-corrected chi connectivity index (χ1v) is 16.2. The van der Waals surface area contributed by atoms with Gasteiger partial charge in [-0.2, -0.15) is 0 Å². The zero-order chi connectivity index (χ0) is 24.9. The molecule has 0 aromatic carbocycles. The van der Waals surface area contributed by atoms with Crippen LogP contribution in [-0.4, -0.2) is 43.1 Å². The molecular formula is C28H56NaO4P. The summed E-state index contributed by atoms with van der Waals surface area (Å²) in [5, 5.41) is 0. The van der Waals surface area contributed by atoms with Gasteiger partial charge in [-0.15, -0.1) is 0 Å². The summed E-state index contributed by atoms with van der Waals surface area (Å²) in [6.07, 6.45) is 28.3. The second kappa shape index (κ2) is 37.9. The molecule has 0 saturated carbocycles. The van der Waals surface area contributed by atoms with E-state index in [1.807, 2.05) is 6.92 Å². The Balaban J connectivity index is -0.000000441. The van der Waals surface area contributed by atoms with E-state index in [-0.39, 0.29) is 35.0 Å². The van der Waals surface area contributed by atoms with Crippen LogP contribution in [0.2, 0.25) is 0 Å². The predicted molar refractivity (Wildman–Crippen MR) is 147 cm³/mol. The van der Waals surface area contributed by atoms with E-state index in [9.17, 15) is 4.79 Å². The molecular weight excluding hydrogens is 454 g/mol. The Morgan fingerprint density at radius 1 is 0.500 bits per heavy atom. The topological polar surface area (TPSA) is 81.2 Å². The molecule has 198 valence electrons. The van der Waals surface area contributed by atoms with Crippen molar-refractivity contribution in [1.29, 1.82) is 0 Å². The van der Waals surface area contributed by atoms with E-state index in [1.54, 1.807) is 0 Å². The van der Waals surface area contributed by atoms with Gasteiger partial charge in [-0.3, -0.25) is 9.59 Å². The second-order valence-corrected chi connectivity index (χ2v) is 14.2. The first kappa shape index (κ1) is 44.4. The largest absolute Gasteiger partial charge is 1.00 e. The molecule has 4 nitrogen and oxygen atoms in total. The molecule has 0 unspecified atom stereocenters. The Labute approximate surface area is 236 Å². The van der Waals surface area contributed by atoms with E-state index in [0.717, 1.165) is 0 Å². The molecule has 0 rings (SSSR count). The Morgan fingerprint density at radius 3 is 0.912 bits per heavy atom. The fourth-order valence-electron chi connectivity index (χ4n) is 4.63. The summed E-state index contributed by atoms with van der Waals surface area (Å²) in [6.45, 7) is 17.8. The first-order chi connectivity index (χ1) is 15.6. The summed E-state index contributed by atoms with van der Waals surface area (Å²) in [6, 6.07) is 0. The molecule has 6 heteroatoms. The Kier molecular flexibility index (Phi) is 49.5. The van der Waals surface area contributed by atoms with Crippen molar-refractivity contribution < 1.29 is 49.4 Å². The summed E-state index contributed by atoms with van der Waals surface area (Å²) in [7, 11) is -1.72. The van der Waals surface area contributed by atoms with Crippen LogP contribution in [0.25, 0.3) is 0 Å². The molecule has 1 N–H and O–H groups in total. The van der Waals surface area contributed by atoms with Crippen LogP contribution < -0.4 is 29.6 Å². The molecule has 0 atom stereocenters. The third-order valence-corrected chi connectivity index (χ3v) is 12.2. The standard InChI is InChI=1S/C26H55OP.2CO.Na.H2O/c1-5-8-11-14-17-20-23-28(26(4)27,24-21-18-15-12-9-6-2)25-22-19-16-13-10-7-3;2*1-2;;/h28H,5-25H2,1-4H3;;;;1H2/q;;;+1;/p-1. The van der Waals surface area contributed by atoms with E-state index < -0.39 is 7.26 Å². The smallest absolute Gasteiger partial charge is 0.870 e. The SMILES string of the molecule is CCCCCCCC[PH](CCCCCCCC)(CCCCCCCC)C(C)=O.[C]=O.[C]=O.[Na+].[OH-]. The first-order valence-electron chi connectivity index (χ1n) is 13.5. The Morgan fingerprint density at radius 2 is 0.706 bits per heavy atom. The third-order valence-electron chi connectivity index (χ3n) is 6.77. The maximum Gasteiger partial charge on any atom is 1.00 e. The average molecular weight is 511 g/mol. The van der Waals surface area contributed by atoms with Gasteiger partial charge < -0.3 is 5.48 Å². The molecule has 0 bridgehead atoms. The van der Waals surface area contributed by atoms with E-state index >= 15 is 0 Å². The van der Waals surface area contributed by atoms with Crippen molar-refractivity contribution in [2.24, 2.45) is 0 Å². The molecule has 0 heterocycles. The summed E-state index contributed by atoms with van der Waals surface area (Å²) >= 11 is 0. The van der Waals surface area contributed by atoms with Crippen molar-refractivity contribution in [3.8, 4) is 0 Å². The fourth-order valence-corrected chi connectivity index (χ4v) is 9.22. The Bertz CT molecular complexity index is 341. The predicted octanol–water partition coefficient (Wildman–Crippen LogP) is 5.40. The van der Waals surface area contributed by atoms with Crippen molar-refractivity contribution in [2.45, 2.75) is 143 Å². The van der Waals surface area contributed by atoms with E-state index in [0.29, 0.717) is 5.52 Å². The zero-order valence-electron chi connectivity index (χ0n) is 23.5. The van der Waals surface area contributed by atoms with Crippen molar-refractivity contribution in [3.05, 3.63) is 0 Å². The average Bonchev–Trinajstić information content (AvgIpc) is 2.82. The number of hydrogen-bond donors (Lipinski definition) is 0. The number of rotatable bonds is 22. The maximum atomic E-state index is 12.8. The minimum Gasteiger partial charge on any atom is -0.870 e. The number of carbonyl (C=O) groups is 1. The fraction of sp³-hybridized carbons (Fsp3) is 0.893. The molecule has 34 heavy (non-hydrogen) atoms. The molecule has 0 saturated heterocycles. The quantitative estimate of drug-likeness (QED) is 0.111. The third kappa shape index (κ3) is 28.6. The summed E-state index contributed by atoms with van der Waals surface area (Å²) in [5.74, 6) is 0. The van der Waals surface area contributed by atoms with Gasteiger partial charge in [-0.05, 0) is 0 Å². The minimum atomic E-state index is -1.72. The molecule has 0 aromatic rings. The minimum absolute atomic E-state index is 0. The normalized spacial score (nSPS) is 10.5. The molecule has 0 spiro atoms. The van der Waals surface area contributed by atoms with Crippen LogP contribution in [0.3, 0.4) is 0 Å². The van der Waals surface area contributed by atoms with Gasteiger partial charge in [0, 0.05) is 0 Å². The van der Waals surface area contributed by atoms with Crippen LogP contribution in [-0.2, 0) is 14.4 Å². The van der Waals surface area contributed by atoms with E-state index in [2.05, 4.69) is 34.3 Å². The second-order valence-electron chi connectivity index (χ2n) is 9.39. The van der Waals surface area contributed by atoms with Crippen molar-refractivity contribution in [2.75, 3.05) is 18.5 Å². The molecule has 0 aliphatic carbocycles. The van der Waals surface area contributed by atoms with Crippen LogP contribution in [0.15, 0.2) is 0 Å². The Hall–Kier alpha value is 0.400. The van der Waals surface area contributed by atoms with Crippen LogP contribution in [0.1, 0.15) is 143 Å². The summed E-state index contributed by atoms with van der Waals surface area (Å²) < 4.78 is 0. The van der Waals surface area contributed by atoms with Gasteiger partial charge in [-0.1, -0.05) is 0 Å². The van der Waals surface area contributed by atoms with Crippen molar-refractivity contribution >= 4 is 26.4 Å². The van der Waals surface area contributed by atoms with Gasteiger partial charge >= 0.3 is 209 Å². The molecule has 0 aliphatic rings. The molecule has 0 aliphatic heterocycles. The van der Waals surface area contributed by atoms with Gasteiger partial charge in [0.2, 0.25) is 0 Å². The molecule has 0 amide bonds. The van der Waals surface area contributed by atoms with Gasteiger partial charge in [0.1, 0.15) is 0 Å². The van der Waals surface area contributed by atoms with Gasteiger partial charge in [0.05, 0.1) is 0 Å². The van der Waals surface area contributed by atoms with Crippen LogP contribution >= 0.6 is 7.26 Å². The molecule has 4 radical (unpaired) electrons. The molecule has 0 aromatic heterocycles. The van der Waals surface area contributed by atoms with Crippen LogP contribution in [0.5, 0.6) is 0 Å². The number of hydrogen-bond acceptors (Lipinski definition) is 4. The van der Waals surface area contributed by atoms with Gasteiger partial charge in [0.15, 0.2) is 0 Å². The monoisotopic (exact) mass is 510 g/mol. The van der Waals surface area contributed by atoms with E-state index in [1.165, 1.54) is 134 Å². The van der Waals surface area contributed by atoms with Crippen LogP contribution in [0, 0.1) is 0 Å². The number of unbranched alkanes of at least 4 members (excludes halogenated alkanes) is 15. The van der Waals surface area contributed by atoms with Crippen molar-refractivity contribution in [1.82, 2.24) is 0 Å². The van der Waals surface area contributed by atoms with Gasteiger partial charge in [0.25, 0.3) is 13.6 Å². The van der Waals surface area contributed by atoms with Gasteiger partial charge in [-0.25, -0.2) is 0 Å². The molecule has 0 fully saturated rings. The van der Waals surface area contributed by atoms with Crippen molar-refractivity contribution in [3.63, 3.8) is 0 Å². The summed E-state index contributed by atoms with van der Waals surface area (Å²) in [4.78, 5) is 27.8. The maximum absolute atomic E-state index is 12.8. The van der Waals surface area contributed by atoms with Crippen LogP contribution in [0.4, 0.5) is 0 Å². The zero-order valence-corrected chi connectivity index (χ0v) is 26.5. The van der Waals surface area contributed by atoms with E-state index in [4.69, 9.17) is 9.59 Å². The number of carbonyl (C=O) groups excluding carboxylic acids is 3.